The molecule has 2 aliphatic rings. The molecule has 0 spiro atoms. The van der Waals surface area contributed by atoms with Crippen LogP contribution < -0.4 is 5.32 Å². The summed E-state index contributed by atoms with van der Waals surface area (Å²) in [5, 5.41) is 4.27. The first-order valence-corrected chi connectivity index (χ1v) is 13.5. The first kappa shape index (κ1) is 24.5. The normalized spacial score (nSPS) is 15.9. The van der Waals surface area contributed by atoms with Crippen molar-refractivity contribution < 1.29 is 9.59 Å². The van der Waals surface area contributed by atoms with Crippen LogP contribution in [0.1, 0.15) is 37.3 Å². The van der Waals surface area contributed by atoms with Crippen LogP contribution in [0.2, 0.25) is 5.02 Å². The van der Waals surface area contributed by atoms with Gasteiger partial charge in [0.1, 0.15) is 11.2 Å². The van der Waals surface area contributed by atoms with Crippen LogP contribution in [-0.2, 0) is 22.6 Å². The Bertz CT molecular complexity index is 1520. The number of nitrogens with zero attached hydrogens (tertiary/aromatic N) is 1. The van der Waals surface area contributed by atoms with Crippen LogP contribution in [0.15, 0.2) is 78.9 Å². The summed E-state index contributed by atoms with van der Waals surface area (Å²) >= 11 is 6.62. The minimum absolute atomic E-state index is 0.00317. The zero-order chi connectivity index (χ0) is 26.3. The van der Waals surface area contributed by atoms with Crippen LogP contribution in [0.3, 0.4) is 0 Å². The smallest absolute Gasteiger partial charge is 0.236 e. The summed E-state index contributed by atoms with van der Waals surface area (Å²) in [6.07, 6.45) is 3.05. The van der Waals surface area contributed by atoms with Crippen molar-refractivity contribution in [2.24, 2.45) is 5.41 Å². The lowest BCUT2D eigenvalue weighted by Crippen LogP contribution is -2.52. The van der Waals surface area contributed by atoms with Crippen LogP contribution in [0, 0.1) is 5.41 Å². The number of hydrogen-bond donors (Lipinski definition) is 2. The molecule has 0 bridgehead atoms. The number of nitrogens with one attached hydrogen (secondary N) is 2. The number of fused-ring (bicyclic) bond motifs is 1. The molecule has 6 heteroatoms. The van der Waals surface area contributed by atoms with E-state index in [1.165, 1.54) is 5.56 Å². The SMILES string of the molecule is CC(=O)C1(C(=O)N2CCc3c(cccc3Nc3ccc(Cl)c(-c4ccc(-c5ccccc5)[nH]4)c3)C2)CCC1. The van der Waals surface area contributed by atoms with Crippen molar-refractivity contribution in [1.82, 2.24) is 9.88 Å². The molecule has 0 unspecified atom stereocenters. The van der Waals surface area contributed by atoms with Crippen molar-refractivity contribution in [3.8, 4) is 22.5 Å². The number of hydrogen-bond acceptors (Lipinski definition) is 3. The zero-order valence-corrected chi connectivity index (χ0v) is 22.1. The Morgan fingerprint density at radius 3 is 2.47 bits per heavy atom. The molecule has 192 valence electrons. The van der Waals surface area contributed by atoms with E-state index in [1.54, 1.807) is 6.92 Å². The molecule has 1 aliphatic carbocycles. The van der Waals surface area contributed by atoms with Crippen molar-refractivity contribution in [2.45, 2.75) is 39.2 Å². The van der Waals surface area contributed by atoms with E-state index < -0.39 is 5.41 Å². The van der Waals surface area contributed by atoms with Gasteiger partial charge in [0.15, 0.2) is 0 Å². The summed E-state index contributed by atoms with van der Waals surface area (Å²) < 4.78 is 0. The Hall–Kier alpha value is -3.83. The van der Waals surface area contributed by atoms with E-state index in [2.05, 4.69) is 52.8 Å². The van der Waals surface area contributed by atoms with Crippen molar-refractivity contribution in [3.63, 3.8) is 0 Å². The fourth-order valence-corrected chi connectivity index (χ4v) is 5.97. The van der Waals surface area contributed by atoms with Gasteiger partial charge in [-0.1, -0.05) is 60.5 Å². The molecule has 2 N–H and O–H groups in total. The second kappa shape index (κ2) is 9.80. The number of carbonyl (C=O) groups is 2. The molecular weight excluding hydrogens is 494 g/mol. The molecule has 1 saturated carbocycles. The van der Waals surface area contributed by atoms with Gasteiger partial charge in [-0.3, -0.25) is 9.59 Å². The van der Waals surface area contributed by atoms with Crippen LogP contribution in [0.4, 0.5) is 11.4 Å². The minimum atomic E-state index is -0.786. The summed E-state index contributed by atoms with van der Waals surface area (Å²) in [5.41, 5.74) is 7.57. The van der Waals surface area contributed by atoms with Crippen molar-refractivity contribution >= 4 is 34.7 Å². The number of aromatic amines is 1. The lowest BCUT2D eigenvalue weighted by molar-refractivity contribution is -0.155. The monoisotopic (exact) mass is 523 g/mol. The Morgan fingerprint density at radius 1 is 0.947 bits per heavy atom. The maximum Gasteiger partial charge on any atom is 0.236 e. The highest BCUT2D eigenvalue weighted by molar-refractivity contribution is 6.33. The van der Waals surface area contributed by atoms with Crippen LogP contribution >= 0.6 is 11.6 Å². The summed E-state index contributed by atoms with van der Waals surface area (Å²) in [7, 11) is 0. The van der Waals surface area contributed by atoms with Gasteiger partial charge in [0.25, 0.3) is 0 Å². The molecule has 6 rings (SSSR count). The number of benzene rings is 3. The lowest BCUT2D eigenvalue weighted by atomic mass is 9.65. The fraction of sp³-hybridized carbons (Fsp3) is 0.250. The van der Waals surface area contributed by atoms with E-state index in [0.717, 1.165) is 52.3 Å². The van der Waals surface area contributed by atoms with Gasteiger partial charge in [-0.05, 0) is 79.3 Å². The highest BCUT2D eigenvalue weighted by Gasteiger charge is 2.50. The first-order chi connectivity index (χ1) is 18.4. The molecular formula is C32H30ClN3O2. The van der Waals surface area contributed by atoms with Gasteiger partial charge in [0, 0.05) is 41.4 Å². The van der Waals surface area contributed by atoms with E-state index >= 15 is 0 Å². The van der Waals surface area contributed by atoms with Crippen molar-refractivity contribution in [1.29, 1.82) is 0 Å². The van der Waals surface area contributed by atoms with Crippen molar-refractivity contribution in [3.05, 3.63) is 95.0 Å². The number of ketones is 1. The van der Waals surface area contributed by atoms with Crippen LogP contribution in [0.5, 0.6) is 0 Å². The largest absolute Gasteiger partial charge is 0.355 e. The predicted molar refractivity (Wildman–Crippen MR) is 152 cm³/mol. The van der Waals surface area contributed by atoms with E-state index in [1.807, 2.05) is 41.3 Å². The molecule has 4 aromatic rings. The topological polar surface area (TPSA) is 65.2 Å². The number of aromatic nitrogens is 1. The second-order valence-corrected chi connectivity index (χ2v) is 10.8. The third kappa shape index (κ3) is 4.31. The average molecular weight is 524 g/mol. The Labute approximate surface area is 227 Å². The Balaban J connectivity index is 1.23. The number of H-pyrrole nitrogens is 1. The highest BCUT2D eigenvalue weighted by Crippen LogP contribution is 2.44. The molecule has 2 heterocycles. The molecule has 1 amide bonds. The van der Waals surface area contributed by atoms with Crippen LogP contribution in [-0.4, -0.2) is 28.1 Å². The van der Waals surface area contributed by atoms with Gasteiger partial charge in [-0.15, -0.1) is 0 Å². The van der Waals surface area contributed by atoms with Gasteiger partial charge in [0.05, 0.1) is 5.02 Å². The lowest BCUT2D eigenvalue weighted by Gasteiger charge is -2.43. The molecule has 0 radical (unpaired) electrons. The summed E-state index contributed by atoms with van der Waals surface area (Å²) in [5.74, 6) is 0.00916. The third-order valence-corrected chi connectivity index (χ3v) is 8.48. The number of amides is 1. The average Bonchev–Trinajstić information content (AvgIpc) is 3.39. The molecule has 3 aromatic carbocycles. The zero-order valence-electron chi connectivity index (χ0n) is 21.4. The molecule has 5 nitrogen and oxygen atoms in total. The Kier molecular flexibility index (Phi) is 6.32. The second-order valence-electron chi connectivity index (χ2n) is 10.4. The van der Waals surface area contributed by atoms with Gasteiger partial charge >= 0.3 is 0 Å². The maximum absolute atomic E-state index is 13.3. The molecule has 1 aliphatic heterocycles. The number of Topliss-reactive ketones (excluding diaryl/α,β-unsaturated/α-hetero) is 1. The molecule has 1 aromatic heterocycles. The molecule has 0 atom stereocenters. The molecule has 38 heavy (non-hydrogen) atoms. The standard InChI is InChI=1S/C32H30ClN3O2/c1-21(37)32(16-6-17-32)31(38)36-18-15-25-23(20-36)9-5-10-29(25)34-24-11-12-27(33)26(19-24)30-14-13-28(35-30)22-7-3-2-4-8-22/h2-5,7-14,19,34-35H,6,15-18,20H2,1H3. The number of anilines is 2. The predicted octanol–water partition coefficient (Wildman–Crippen LogP) is 7.39. The summed E-state index contributed by atoms with van der Waals surface area (Å²) in [6.45, 7) is 2.72. The Morgan fingerprint density at radius 2 is 1.74 bits per heavy atom. The number of rotatable bonds is 6. The van der Waals surface area contributed by atoms with Crippen molar-refractivity contribution in [2.75, 3.05) is 11.9 Å². The van der Waals surface area contributed by atoms with Gasteiger partial charge in [0.2, 0.25) is 5.91 Å². The fourth-order valence-electron chi connectivity index (χ4n) is 5.75. The van der Waals surface area contributed by atoms with E-state index in [-0.39, 0.29) is 11.7 Å². The number of halogens is 1. The quantitative estimate of drug-likeness (QED) is 0.259. The molecule has 0 saturated heterocycles. The third-order valence-electron chi connectivity index (χ3n) is 8.15. The van der Waals surface area contributed by atoms with E-state index in [9.17, 15) is 9.59 Å². The van der Waals surface area contributed by atoms with E-state index in [0.29, 0.717) is 31.0 Å². The van der Waals surface area contributed by atoms with Crippen LogP contribution in [0.25, 0.3) is 22.5 Å². The van der Waals surface area contributed by atoms with E-state index in [4.69, 9.17) is 11.6 Å². The summed E-state index contributed by atoms with van der Waals surface area (Å²) in [6, 6.07) is 26.5. The highest BCUT2D eigenvalue weighted by atomic mass is 35.5. The molecule has 1 fully saturated rings. The van der Waals surface area contributed by atoms with Gasteiger partial charge in [-0.25, -0.2) is 0 Å². The van der Waals surface area contributed by atoms with Gasteiger partial charge in [-0.2, -0.15) is 0 Å². The minimum Gasteiger partial charge on any atom is -0.355 e. The first-order valence-electron chi connectivity index (χ1n) is 13.2. The van der Waals surface area contributed by atoms with Gasteiger partial charge < -0.3 is 15.2 Å². The number of carbonyl (C=O) groups excluding carboxylic acids is 2. The maximum atomic E-state index is 13.3. The summed E-state index contributed by atoms with van der Waals surface area (Å²) in [4.78, 5) is 31.0.